The van der Waals surface area contributed by atoms with Gasteiger partial charge in [0.15, 0.2) is 0 Å². The van der Waals surface area contributed by atoms with Gasteiger partial charge < -0.3 is 24.2 Å². The molecule has 33 heavy (non-hydrogen) atoms. The summed E-state index contributed by atoms with van der Waals surface area (Å²) < 4.78 is 15.9. The first-order valence-corrected chi connectivity index (χ1v) is 12.0. The van der Waals surface area contributed by atoms with Gasteiger partial charge in [-0.3, -0.25) is 14.4 Å². The summed E-state index contributed by atoms with van der Waals surface area (Å²) in [7, 11) is 0. The molecule has 1 N–H and O–H groups in total. The molecule has 2 amide bonds. The van der Waals surface area contributed by atoms with Crippen molar-refractivity contribution in [2.45, 2.75) is 64.8 Å². The van der Waals surface area contributed by atoms with Gasteiger partial charge in [0.25, 0.3) is 0 Å². The monoisotopic (exact) mass is 464 g/mol. The van der Waals surface area contributed by atoms with Crippen molar-refractivity contribution in [2.24, 2.45) is 11.8 Å². The van der Waals surface area contributed by atoms with Gasteiger partial charge in [-0.15, -0.1) is 0 Å². The van der Waals surface area contributed by atoms with Crippen LogP contribution in [0.25, 0.3) is 0 Å². The van der Waals surface area contributed by atoms with Crippen LogP contribution >= 0.6 is 0 Å². The first-order valence-electron chi connectivity index (χ1n) is 12.0. The molecule has 2 atom stereocenters. The van der Waals surface area contributed by atoms with Gasteiger partial charge in [0.2, 0.25) is 29.3 Å². The number of morpholine rings is 1. The van der Waals surface area contributed by atoms with Crippen LogP contribution in [0.3, 0.4) is 0 Å². The third-order valence-electron chi connectivity index (χ3n) is 6.31. The predicted octanol–water partition coefficient (Wildman–Crippen LogP) is 1.95. The quantitative estimate of drug-likeness (QED) is 0.521. The molecule has 184 valence electrons. The normalized spacial score (nSPS) is 19.3. The molecule has 2 fully saturated rings. The molecule has 3 heterocycles. The third-order valence-corrected chi connectivity index (χ3v) is 6.31. The molecule has 0 saturated carbocycles. The summed E-state index contributed by atoms with van der Waals surface area (Å²) in [6.07, 6.45) is 2.83. The van der Waals surface area contributed by atoms with Crippen molar-refractivity contribution < 1.29 is 28.4 Å². The van der Waals surface area contributed by atoms with Gasteiger partial charge in [-0.05, 0) is 31.6 Å². The van der Waals surface area contributed by atoms with Crippen molar-refractivity contribution in [1.82, 2.24) is 20.4 Å². The second-order valence-corrected chi connectivity index (χ2v) is 9.13. The largest absolute Gasteiger partial charge is 0.381 e. The van der Waals surface area contributed by atoms with Gasteiger partial charge in [-0.25, -0.2) is 0 Å². The summed E-state index contributed by atoms with van der Waals surface area (Å²) in [5, 5.41) is 6.65. The summed E-state index contributed by atoms with van der Waals surface area (Å²) >= 11 is 0. The molecular weight excluding hydrogens is 428 g/mol. The number of nitrogens with zero attached hydrogens (tertiary/aromatic N) is 3. The predicted molar refractivity (Wildman–Crippen MR) is 119 cm³/mol. The van der Waals surface area contributed by atoms with Gasteiger partial charge in [0, 0.05) is 44.6 Å². The smallest absolute Gasteiger partial charge is 0.240 e. The lowest BCUT2D eigenvalue weighted by Crippen LogP contribution is -2.46. The number of ketones is 1. The van der Waals surface area contributed by atoms with Gasteiger partial charge in [-0.1, -0.05) is 25.9 Å². The lowest BCUT2D eigenvalue weighted by atomic mass is 9.86. The number of hydrogen-bond donors (Lipinski definition) is 1. The fourth-order valence-corrected chi connectivity index (χ4v) is 4.19. The Labute approximate surface area is 194 Å². The number of ether oxygens (including phenoxy) is 2. The van der Waals surface area contributed by atoms with Crippen LogP contribution in [0.15, 0.2) is 4.52 Å². The molecule has 0 spiro atoms. The van der Waals surface area contributed by atoms with E-state index in [1.807, 2.05) is 20.8 Å². The average molecular weight is 465 g/mol. The second-order valence-electron chi connectivity index (χ2n) is 9.13. The van der Waals surface area contributed by atoms with Crippen molar-refractivity contribution in [3.63, 3.8) is 0 Å². The van der Waals surface area contributed by atoms with E-state index in [2.05, 4.69) is 15.5 Å². The first kappa shape index (κ1) is 25.3. The molecule has 10 nitrogen and oxygen atoms in total. The minimum Gasteiger partial charge on any atom is -0.381 e. The number of Topliss-reactive ketones (excluding diaryl/α,β-unsaturated/α-hetero) is 1. The molecular formula is C23H36N4O6. The van der Waals surface area contributed by atoms with E-state index < -0.39 is 12.0 Å². The van der Waals surface area contributed by atoms with E-state index in [9.17, 15) is 14.4 Å². The van der Waals surface area contributed by atoms with Crippen LogP contribution < -0.4 is 5.32 Å². The number of nitrogens with one attached hydrogen (secondary N) is 1. The van der Waals surface area contributed by atoms with E-state index in [1.165, 1.54) is 0 Å². The molecule has 2 unspecified atom stereocenters. The zero-order chi connectivity index (χ0) is 23.8. The fourth-order valence-electron chi connectivity index (χ4n) is 4.19. The van der Waals surface area contributed by atoms with Crippen LogP contribution in [0.5, 0.6) is 0 Å². The summed E-state index contributed by atoms with van der Waals surface area (Å²) in [4.78, 5) is 45.0. The molecule has 2 saturated heterocycles. The lowest BCUT2D eigenvalue weighted by Gasteiger charge is -2.30. The van der Waals surface area contributed by atoms with Crippen LogP contribution in [0.4, 0.5) is 0 Å². The maximum atomic E-state index is 13.3. The minimum absolute atomic E-state index is 0.00349. The highest BCUT2D eigenvalue weighted by Crippen LogP contribution is 2.26. The van der Waals surface area contributed by atoms with E-state index in [-0.39, 0.29) is 35.8 Å². The zero-order valence-corrected chi connectivity index (χ0v) is 19.9. The van der Waals surface area contributed by atoms with Crippen molar-refractivity contribution in [3.8, 4) is 0 Å². The van der Waals surface area contributed by atoms with Gasteiger partial charge in [0.1, 0.15) is 0 Å². The van der Waals surface area contributed by atoms with Crippen LogP contribution in [-0.4, -0.2) is 78.2 Å². The van der Waals surface area contributed by atoms with Crippen LogP contribution in [-0.2, 0) is 19.1 Å². The Kier molecular flexibility index (Phi) is 9.37. The van der Waals surface area contributed by atoms with E-state index in [0.29, 0.717) is 64.2 Å². The molecule has 2 aliphatic heterocycles. The molecule has 0 radical (unpaired) electrons. The van der Waals surface area contributed by atoms with Crippen molar-refractivity contribution >= 4 is 17.6 Å². The maximum absolute atomic E-state index is 13.3. The number of rotatable bonds is 10. The molecule has 0 bridgehead atoms. The number of aromatic nitrogens is 2. The maximum Gasteiger partial charge on any atom is 0.240 e. The molecule has 2 aliphatic rings. The van der Waals surface area contributed by atoms with E-state index in [4.69, 9.17) is 14.0 Å². The highest BCUT2D eigenvalue weighted by molar-refractivity contribution is 5.99. The number of amides is 2. The van der Waals surface area contributed by atoms with E-state index >= 15 is 0 Å². The Morgan fingerprint density at radius 2 is 1.76 bits per heavy atom. The van der Waals surface area contributed by atoms with Crippen molar-refractivity contribution in [2.75, 3.05) is 39.5 Å². The Hall–Kier alpha value is -2.33. The van der Waals surface area contributed by atoms with E-state index in [0.717, 1.165) is 12.8 Å². The standard InChI is InChI=1S/C23H36N4O6/c1-4-18(20(29)21-25-23(15(2)3)33-26-21)24-22(30)17(13-16-5-9-31-10-6-16)14-19(28)27-7-11-32-12-8-27/h15-18H,4-14H2,1-3H3,(H,24,30). The fraction of sp³-hybridized carbons (Fsp3) is 0.783. The van der Waals surface area contributed by atoms with Crippen LogP contribution in [0.2, 0.25) is 0 Å². The topological polar surface area (TPSA) is 124 Å². The SMILES string of the molecule is CCC(NC(=O)C(CC(=O)N1CCOCC1)CC1CCOCC1)C(=O)c1noc(C(C)C)n1. The van der Waals surface area contributed by atoms with Gasteiger partial charge in [0.05, 0.1) is 19.3 Å². The molecule has 3 rings (SSSR count). The Balaban J connectivity index is 1.68. The Morgan fingerprint density at radius 1 is 1.09 bits per heavy atom. The van der Waals surface area contributed by atoms with E-state index in [1.54, 1.807) is 4.90 Å². The lowest BCUT2D eigenvalue weighted by molar-refractivity contribution is -0.140. The highest BCUT2D eigenvalue weighted by Gasteiger charge is 2.32. The second kappa shape index (κ2) is 12.2. The third kappa shape index (κ3) is 7.07. The van der Waals surface area contributed by atoms with Crippen LogP contribution in [0, 0.1) is 11.8 Å². The summed E-state index contributed by atoms with van der Waals surface area (Å²) in [5.74, 6) is -0.560. The zero-order valence-electron chi connectivity index (χ0n) is 19.9. The summed E-state index contributed by atoms with van der Waals surface area (Å²) in [6, 6.07) is -0.772. The van der Waals surface area contributed by atoms with Crippen LogP contribution in [0.1, 0.15) is 75.3 Å². The molecule has 1 aromatic heterocycles. The number of carbonyl (C=O) groups is 3. The summed E-state index contributed by atoms with van der Waals surface area (Å²) in [5.41, 5.74) is 0. The molecule has 0 aromatic carbocycles. The molecule has 0 aliphatic carbocycles. The van der Waals surface area contributed by atoms with Gasteiger partial charge >= 0.3 is 0 Å². The average Bonchev–Trinajstić information content (AvgIpc) is 3.33. The Bertz CT molecular complexity index is 799. The molecule has 1 aromatic rings. The van der Waals surface area contributed by atoms with Crippen molar-refractivity contribution in [3.05, 3.63) is 11.7 Å². The van der Waals surface area contributed by atoms with Gasteiger partial charge in [-0.2, -0.15) is 4.98 Å². The minimum atomic E-state index is -0.772. The first-order chi connectivity index (χ1) is 15.9. The van der Waals surface area contributed by atoms with Crippen molar-refractivity contribution in [1.29, 1.82) is 0 Å². The summed E-state index contributed by atoms with van der Waals surface area (Å²) in [6.45, 7) is 9.05. The Morgan fingerprint density at radius 3 is 2.36 bits per heavy atom. The number of hydrogen-bond acceptors (Lipinski definition) is 8. The highest BCUT2D eigenvalue weighted by atomic mass is 16.5. The molecule has 10 heteroatoms. The number of carbonyl (C=O) groups excluding carboxylic acids is 3.